The highest BCUT2D eigenvalue weighted by atomic mass is 14.8. The number of aryl methyl sites for hydroxylation is 1. The van der Waals surface area contributed by atoms with Crippen LogP contribution < -0.4 is 5.73 Å². The summed E-state index contributed by atoms with van der Waals surface area (Å²) >= 11 is 0. The monoisotopic (exact) mass is 179 g/mol. The summed E-state index contributed by atoms with van der Waals surface area (Å²) in [6, 6.07) is 2.22. The minimum absolute atomic E-state index is 0.171. The van der Waals surface area contributed by atoms with Crippen molar-refractivity contribution in [2.24, 2.45) is 5.73 Å². The van der Waals surface area contributed by atoms with Crippen molar-refractivity contribution >= 4 is 0 Å². The predicted octanol–water partition coefficient (Wildman–Crippen LogP) is 1.32. The highest BCUT2D eigenvalue weighted by Gasteiger charge is 2.00. The van der Waals surface area contributed by atoms with Crippen molar-refractivity contribution in [2.45, 2.75) is 39.2 Å². The van der Waals surface area contributed by atoms with Gasteiger partial charge in [-0.3, -0.25) is 0 Å². The molecule has 1 rings (SSSR count). The fraction of sp³-hybridized carbons (Fsp3) is 0.600. The van der Waals surface area contributed by atoms with Crippen LogP contribution >= 0.6 is 0 Å². The maximum atomic E-state index is 5.69. The Morgan fingerprint density at radius 3 is 2.69 bits per heavy atom. The van der Waals surface area contributed by atoms with Crippen LogP contribution in [0.5, 0.6) is 0 Å². The lowest BCUT2D eigenvalue weighted by Crippen LogP contribution is -2.18. The normalized spacial score (nSPS) is 12.8. The van der Waals surface area contributed by atoms with Crippen LogP contribution in [0.2, 0.25) is 0 Å². The first kappa shape index (κ1) is 10.1. The number of hydrogen-bond acceptors (Lipinski definition) is 3. The van der Waals surface area contributed by atoms with Crippen molar-refractivity contribution in [3.05, 3.63) is 23.8 Å². The van der Waals surface area contributed by atoms with Crippen LogP contribution in [0.4, 0.5) is 0 Å². The second-order valence-corrected chi connectivity index (χ2v) is 3.43. The second kappa shape index (κ2) is 4.92. The molecule has 0 aliphatic heterocycles. The molecule has 0 saturated heterocycles. The molecule has 2 N–H and O–H groups in total. The summed E-state index contributed by atoms with van der Waals surface area (Å²) < 4.78 is 0. The van der Waals surface area contributed by atoms with E-state index in [1.54, 1.807) is 6.33 Å². The molecule has 13 heavy (non-hydrogen) atoms. The molecule has 0 saturated carbocycles. The van der Waals surface area contributed by atoms with Gasteiger partial charge in [0.2, 0.25) is 0 Å². The summed E-state index contributed by atoms with van der Waals surface area (Å²) in [6.45, 7) is 4.13. The molecule has 3 heteroatoms. The molecule has 3 nitrogen and oxygen atoms in total. The van der Waals surface area contributed by atoms with E-state index in [-0.39, 0.29) is 6.04 Å². The molecular weight excluding hydrogens is 162 g/mol. The van der Waals surface area contributed by atoms with Crippen LogP contribution in [-0.2, 0) is 12.8 Å². The minimum Gasteiger partial charge on any atom is -0.328 e. The first-order chi connectivity index (χ1) is 6.22. The largest absolute Gasteiger partial charge is 0.328 e. The summed E-state index contributed by atoms with van der Waals surface area (Å²) in [5, 5.41) is 0. The Labute approximate surface area is 79.4 Å². The van der Waals surface area contributed by atoms with Crippen LogP contribution in [0.1, 0.15) is 31.7 Å². The third kappa shape index (κ3) is 3.51. The standard InChI is InChI=1S/C10H17N3/c1-3-4-9-6-10(5-8(2)11)13-7-12-9/h6-8H,3-5,11H2,1-2H3. The van der Waals surface area contributed by atoms with E-state index in [1.807, 2.05) is 13.0 Å². The SMILES string of the molecule is CCCc1cc(CC(C)N)ncn1. The minimum atomic E-state index is 0.171. The zero-order valence-corrected chi connectivity index (χ0v) is 8.33. The molecule has 1 heterocycles. The Morgan fingerprint density at radius 2 is 2.08 bits per heavy atom. The number of nitrogens with two attached hydrogens (primary N) is 1. The fourth-order valence-electron chi connectivity index (χ4n) is 1.28. The highest BCUT2D eigenvalue weighted by molar-refractivity contribution is 5.09. The van der Waals surface area contributed by atoms with E-state index in [4.69, 9.17) is 5.73 Å². The van der Waals surface area contributed by atoms with E-state index in [2.05, 4.69) is 16.9 Å². The molecule has 1 unspecified atom stereocenters. The van der Waals surface area contributed by atoms with Crippen molar-refractivity contribution in [1.29, 1.82) is 0 Å². The van der Waals surface area contributed by atoms with Crippen LogP contribution in [0.25, 0.3) is 0 Å². The Kier molecular flexibility index (Phi) is 3.83. The van der Waals surface area contributed by atoms with E-state index in [0.717, 1.165) is 30.7 Å². The summed E-state index contributed by atoms with van der Waals surface area (Å²) in [5.74, 6) is 0. The molecule has 0 radical (unpaired) electrons. The van der Waals surface area contributed by atoms with Gasteiger partial charge in [0, 0.05) is 23.9 Å². The van der Waals surface area contributed by atoms with Crippen molar-refractivity contribution in [2.75, 3.05) is 0 Å². The summed E-state index contributed by atoms with van der Waals surface area (Å²) in [5.41, 5.74) is 7.86. The molecule has 0 spiro atoms. The van der Waals surface area contributed by atoms with E-state index in [0.29, 0.717) is 0 Å². The molecule has 72 valence electrons. The topological polar surface area (TPSA) is 51.8 Å². The average Bonchev–Trinajstić information content (AvgIpc) is 2.04. The van der Waals surface area contributed by atoms with E-state index in [9.17, 15) is 0 Å². The lowest BCUT2D eigenvalue weighted by molar-refractivity contribution is 0.715. The van der Waals surface area contributed by atoms with E-state index >= 15 is 0 Å². The van der Waals surface area contributed by atoms with Gasteiger partial charge in [0.25, 0.3) is 0 Å². The van der Waals surface area contributed by atoms with Crippen molar-refractivity contribution in [1.82, 2.24) is 9.97 Å². The Hall–Kier alpha value is -0.960. The molecule has 0 aliphatic carbocycles. The molecule has 0 bridgehead atoms. The Balaban J connectivity index is 2.67. The van der Waals surface area contributed by atoms with Crippen LogP contribution in [0.15, 0.2) is 12.4 Å². The second-order valence-electron chi connectivity index (χ2n) is 3.43. The zero-order valence-electron chi connectivity index (χ0n) is 8.33. The number of rotatable bonds is 4. The first-order valence-corrected chi connectivity index (χ1v) is 4.77. The molecule has 1 aromatic rings. The third-order valence-corrected chi connectivity index (χ3v) is 1.82. The van der Waals surface area contributed by atoms with Gasteiger partial charge in [-0.1, -0.05) is 13.3 Å². The molecule has 0 fully saturated rings. The van der Waals surface area contributed by atoms with E-state index in [1.165, 1.54) is 0 Å². The van der Waals surface area contributed by atoms with Crippen molar-refractivity contribution in [3.8, 4) is 0 Å². The van der Waals surface area contributed by atoms with Crippen LogP contribution in [-0.4, -0.2) is 16.0 Å². The average molecular weight is 179 g/mol. The smallest absolute Gasteiger partial charge is 0.115 e. The van der Waals surface area contributed by atoms with Gasteiger partial charge in [0.1, 0.15) is 6.33 Å². The van der Waals surface area contributed by atoms with Crippen molar-refractivity contribution in [3.63, 3.8) is 0 Å². The maximum absolute atomic E-state index is 5.69. The molecule has 0 aromatic carbocycles. The van der Waals surface area contributed by atoms with Gasteiger partial charge in [-0.25, -0.2) is 9.97 Å². The number of nitrogens with zero attached hydrogens (tertiary/aromatic N) is 2. The van der Waals surface area contributed by atoms with Gasteiger partial charge >= 0.3 is 0 Å². The molecular formula is C10H17N3. The number of hydrogen-bond donors (Lipinski definition) is 1. The lowest BCUT2D eigenvalue weighted by atomic mass is 10.1. The lowest BCUT2D eigenvalue weighted by Gasteiger charge is -2.05. The first-order valence-electron chi connectivity index (χ1n) is 4.77. The fourth-order valence-corrected chi connectivity index (χ4v) is 1.28. The van der Waals surface area contributed by atoms with Gasteiger partial charge < -0.3 is 5.73 Å². The van der Waals surface area contributed by atoms with E-state index < -0.39 is 0 Å². The highest BCUT2D eigenvalue weighted by Crippen LogP contribution is 2.02. The van der Waals surface area contributed by atoms with Gasteiger partial charge in [-0.2, -0.15) is 0 Å². The van der Waals surface area contributed by atoms with Crippen LogP contribution in [0, 0.1) is 0 Å². The Morgan fingerprint density at radius 1 is 1.38 bits per heavy atom. The zero-order chi connectivity index (χ0) is 9.68. The summed E-state index contributed by atoms with van der Waals surface area (Å²) in [4.78, 5) is 8.36. The van der Waals surface area contributed by atoms with Gasteiger partial charge in [0.05, 0.1) is 0 Å². The summed E-state index contributed by atoms with van der Waals surface area (Å²) in [7, 11) is 0. The van der Waals surface area contributed by atoms with Crippen molar-refractivity contribution < 1.29 is 0 Å². The third-order valence-electron chi connectivity index (χ3n) is 1.82. The predicted molar refractivity (Wildman–Crippen MR) is 53.4 cm³/mol. The Bertz CT molecular complexity index is 258. The number of aromatic nitrogens is 2. The molecule has 1 aromatic heterocycles. The van der Waals surface area contributed by atoms with Gasteiger partial charge in [-0.15, -0.1) is 0 Å². The molecule has 0 amide bonds. The summed E-state index contributed by atoms with van der Waals surface area (Å²) in [6.07, 6.45) is 4.60. The molecule has 0 aliphatic rings. The molecule has 1 atom stereocenters. The maximum Gasteiger partial charge on any atom is 0.115 e. The quantitative estimate of drug-likeness (QED) is 0.758. The van der Waals surface area contributed by atoms with Gasteiger partial charge in [0.15, 0.2) is 0 Å². The van der Waals surface area contributed by atoms with Crippen LogP contribution in [0.3, 0.4) is 0 Å². The van der Waals surface area contributed by atoms with Gasteiger partial charge in [-0.05, 0) is 19.4 Å².